The number of pyridine rings is 1. The summed E-state index contributed by atoms with van der Waals surface area (Å²) in [6.07, 6.45) is 4.14. The lowest BCUT2D eigenvalue weighted by Crippen LogP contribution is -2.26. The van der Waals surface area contributed by atoms with Gasteiger partial charge in [0.1, 0.15) is 5.39 Å². The molecule has 0 N–H and O–H groups in total. The Bertz CT molecular complexity index is 596. The summed E-state index contributed by atoms with van der Waals surface area (Å²) in [6.45, 7) is 2.09. The van der Waals surface area contributed by atoms with Gasteiger partial charge in [-0.2, -0.15) is 4.73 Å². The first-order chi connectivity index (χ1) is 8.63. The minimum Gasteiger partial charge on any atom is -0.618 e. The van der Waals surface area contributed by atoms with E-state index in [9.17, 15) is 15.3 Å². The highest BCUT2D eigenvalue weighted by Crippen LogP contribution is 2.24. The summed E-state index contributed by atoms with van der Waals surface area (Å²) in [5, 5.41) is 22.9. The van der Waals surface area contributed by atoms with E-state index in [0.717, 1.165) is 24.8 Å². The molecule has 0 fully saturated rings. The van der Waals surface area contributed by atoms with E-state index < -0.39 is 4.92 Å². The van der Waals surface area contributed by atoms with E-state index in [4.69, 9.17) is 0 Å². The number of rotatable bonds is 4. The molecule has 1 aromatic heterocycles. The van der Waals surface area contributed by atoms with Crippen LogP contribution in [0.4, 0.5) is 5.69 Å². The third-order valence-corrected chi connectivity index (χ3v) is 2.96. The molecular formula is C13H14N2O3. The average Bonchev–Trinajstić information content (AvgIpc) is 2.36. The predicted octanol–water partition coefficient (Wildman–Crippen LogP) is 2.72. The van der Waals surface area contributed by atoms with Crippen molar-refractivity contribution >= 4 is 16.6 Å². The fourth-order valence-electron chi connectivity index (χ4n) is 1.98. The van der Waals surface area contributed by atoms with Crippen LogP contribution in [0.25, 0.3) is 10.9 Å². The first-order valence-electron chi connectivity index (χ1n) is 5.92. The Kier molecular flexibility index (Phi) is 3.41. The lowest BCUT2D eigenvalue weighted by atomic mass is 10.0. The zero-order chi connectivity index (χ0) is 13.1. The normalized spacial score (nSPS) is 10.7. The standard InChI is InChI=1S/C13H14N2O3/c1-2-3-4-10-5-6-12-11(9-10)13(15(17)18)7-8-14(12)16/h5-9H,2-4H2,1H3. The van der Waals surface area contributed by atoms with E-state index in [1.165, 1.54) is 12.3 Å². The zero-order valence-electron chi connectivity index (χ0n) is 10.1. The molecule has 0 aliphatic carbocycles. The molecule has 0 unspecified atom stereocenters. The van der Waals surface area contributed by atoms with Crippen molar-refractivity contribution in [3.8, 4) is 0 Å². The Morgan fingerprint density at radius 3 is 2.78 bits per heavy atom. The summed E-state index contributed by atoms with van der Waals surface area (Å²) >= 11 is 0. The number of nitrogens with zero attached hydrogens (tertiary/aromatic N) is 2. The molecule has 2 aromatic rings. The van der Waals surface area contributed by atoms with Crippen LogP contribution in [0, 0.1) is 15.3 Å². The van der Waals surface area contributed by atoms with E-state index in [2.05, 4.69) is 6.92 Å². The van der Waals surface area contributed by atoms with Crippen LogP contribution in [0.5, 0.6) is 0 Å². The van der Waals surface area contributed by atoms with Crippen molar-refractivity contribution < 1.29 is 9.65 Å². The van der Waals surface area contributed by atoms with Crippen LogP contribution in [-0.2, 0) is 6.42 Å². The third-order valence-electron chi connectivity index (χ3n) is 2.96. The molecule has 5 nitrogen and oxygen atoms in total. The van der Waals surface area contributed by atoms with Gasteiger partial charge in [-0.3, -0.25) is 10.1 Å². The van der Waals surface area contributed by atoms with Crippen LogP contribution < -0.4 is 4.73 Å². The van der Waals surface area contributed by atoms with Gasteiger partial charge in [0, 0.05) is 6.07 Å². The van der Waals surface area contributed by atoms with Crippen LogP contribution in [0.1, 0.15) is 25.3 Å². The number of hydrogen-bond donors (Lipinski definition) is 0. The maximum atomic E-state index is 11.6. The van der Waals surface area contributed by atoms with Crippen molar-refractivity contribution in [2.45, 2.75) is 26.2 Å². The second-order valence-corrected chi connectivity index (χ2v) is 4.24. The lowest BCUT2D eigenvalue weighted by Gasteiger charge is -2.04. The second kappa shape index (κ2) is 5.00. The van der Waals surface area contributed by atoms with Gasteiger partial charge in [-0.25, -0.2) is 0 Å². The monoisotopic (exact) mass is 246 g/mol. The van der Waals surface area contributed by atoms with E-state index in [-0.39, 0.29) is 5.69 Å². The first kappa shape index (κ1) is 12.3. The Hall–Kier alpha value is -2.17. The van der Waals surface area contributed by atoms with Gasteiger partial charge in [-0.05, 0) is 24.5 Å². The van der Waals surface area contributed by atoms with Crippen LogP contribution in [0.3, 0.4) is 0 Å². The number of aryl methyl sites for hydroxylation is 1. The fourth-order valence-corrected chi connectivity index (χ4v) is 1.98. The Balaban J connectivity index is 2.58. The number of benzene rings is 1. The number of aromatic nitrogens is 1. The molecule has 0 radical (unpaired) electrons. The van der Waals surface area contributed by atoms with Gasteiger partial charge >= 0.3 is 0 Å². The van der Waals surface area contributed by atoms with Gasteiger partial charge in [-0.1, -0.05) is 19.4 Å². The minimum atomic E-state index is -0.452. The molecule has 0 bridgehead atoms. The largest absolute Gasteiger partial charge is 0.618 e. The fraction of sp³-hybridized carbons (Fsp3) is 0.308. The van der Waals surface area contributed by atoms with Crippen LogP contribution in [-0.4, -0.2) is 4.92 Å². The number of nitro groups is 1. The number of unbranched alkanes of at least 4 members (excludes halogenated alkanes) is 1. The molecular weight excluding hydrogens is 232 g/mol. The van der Waals surface area contributed by atoms with Crippen molar-refractivity contribution in [1.82, 2.24) is 0 Å². The Morgan fingerprint density at radius 2 is 2.11 bits per heavy atom. The maximum Gasteiger partial charge on any atom is 0.289 e. The third kappa shape index (κ3) is 2.25. The van der Waals surface area contributed by atoms with E-state index in [0.29, 0.717) is 15.6 Å². The maximum absolute atomic E-state index is 11.6. The summed E-state index contributed by atoms with van der Waals surface area (Å²) < 4.78 is 0.659. The minimum absolute atomic E-state index is 0.0181. The van der Waals surface area contributed by atoms with Gasteiger partial charge in [0.15, 0.2) is 6.20 Å². The van der Waals surface area contributed by atoms with E-state index >= 15 is 0 Å². The Labute approximate surface area is 104 Å². The average molecular weight is 246 g/mol. The molecule has 0 saturated carbocycles. The summed E-state index contributed by atoms with van der Waals surface area (Å²) in [5.74, 6) is 0. The molecule has 0 aliphatic rings. The molecule has 0 amide bonds. The number of hydrogen-bond acceptors (Lipinski definition) is 3. The lowest BCUT2D eigenvalue weighted by molar-refractivity contribution is -0.577. The van der Waals surface area contributed by atoms with Gasteiger partial charge in [0.25, 0.3) is 5.69 Å². The summed E-state index contributed by atoms with van der Waals surface area (Å²) in [4.78, 5) is 10.5. The summed E-state index contributed by atoms with van der Waals surface area (Å²) in [7, 11) is 0. The SMILES string of the molecule is CCCCc1ccc2c(c1)c([N+](=O)[O-])cc[n+]2[O-]. The van der Waals surface area contributed by atoms with Crippen molar-refractivity contribution in [2.75, 3.05) is 0 Å². The van der Waals surface area contributed by atoms with Gasteiger partial charge in [-0.15, -0.1) is 0 Å². The highest BCUT2D eigenvalue weighted by molar-refractivity contribution is 5.85. The molecule has 5 heteroatoms. The first-order valence-corrected chi connectivity index (χ1v) is 5.92. The second-order valence-electron chi connectivity index (χ2n) is 4.24. The Morgan fingerprint density at radius 1 is 1.33 bits per heavy atom. The zero-order valence-corrected chi connectivity index (χ0v) is 10.1. The van der Waals surface area contributed by atoms with Crippen LogP contribution >= 0.6 is 0 Å². The van der Waals surface area contributed by atoms with Crippen LogP contribution in [0.15, 0.2) is 30.5 Å². The molecule has 18 heavy (non-hydrogen) atoms. The molecule has 2 rings (SSSR count). The van der Waals surface area contributed by atoms with Crippen molar-refractivity contribution in [3.05, 3.63) is 51.3 Å². The summed E-state index contributed by atoms with van der Waals surface area (Å²) in [5.41, 5.74) is 1.35. The molecule has 0 aliphatic heterocycles. The van der Waals surface area contributed by atoms with Crippen molar-refractivity contribution in [3.63, 3.8) is 0 Å². The van der Waals surface area contributed by atoms with Gasteiger partial charge < -0.3 is 5.21 Å². The van der Waals surface area contributed by atoms with Crippen LogP contribution in [0.2, 0.25) is 0 Å². The summed E-state index contributed by atoms with van der Waals surface area (Å²) in [6, 6.07) is 6.51. The predicted molar refractivity (Wildman–Crippen MR) is 68.2 cm³/mol. The molecule has 0 atom stereocenters. The molecule has 1 aromatic carbocycles. The molecule has 0 spiro atoms. The van der Waals surface area contributed by atoms with Gasteiger partial charge in [0.2, 0.25) is 5.52 Å². The van der Waals surface area contributed by atoms with E-state index in [1.54, 1.807) is 12.1 Å². The molecule has 94 valence electrons. The molecule has 0 saturated heterocycles. The smallest absolute Gasteiger partial charge is 0.289 e. The molecule has 1 heterocycles. The van der Waals surface area contributed by atoms with E-state index in [1.807, 2.05) is 6.07 Å². The topological polar surface area (TPSA) is 70.1 Å². The highest BCUT2D eigenvalue weighted by Gasteiger charge is 2.17. The van der Waals surface area contributed by atoms with Gasteiger partial charge in [0.05, 0.1) is 11.0 Å². The van der Waals surface area contributed by atoms with Crippen molar-refractivity contribution in [2.24, 2.45) is 0 Å². The van der Waals surface area contributed by atoms with Crippen molar-refractivity contribution in [1.29, 1.82) is 0 Å². The number of fused-ring (bicyclic) bond motifs is 1. The quantitative estimate of drug-likeness (QED) is 0.360. The highest BCUT2D eigenvalue weighted by atomic mass is 16.6.